The number of benzene rings is 2. The number of hydrogen-bond donors (Lipinski definition) is 2. The Morgan fingerprint density at radius 1 is 1.00 bits per heavy atom. The van der Waals surface area contributed by atoms with Crippen LogP contribution in [-0.2, 0) is 10.0 Å². The van der Waals surface area contributed by atoms with Gasteiger partial charge in [0.05, 0.1) is 4.90 Å². The molecule has 0 bridgehead atoms. The molecule has 0 amide bonds. The Hall–Kier alpha value is -2.05. The SMILES string of the molecule is Cc1ccc(C)c(OCCNS(=O)(=O)c2ccc(N)cc2)c1C. The molecule has 0 heterocycles. The Bertz CT molecular complexity index is 784. The lowest BCUT2D eigenvalue weighted by molar-refractivity contribution is 0.318. The van der Waals surface area contributed by atoms with Crippen molar-refractivity contribution >= 4 is 15.7 Å². The molecule has 0 unspecified atom stereocenters. The van der Waals surface area contributed by atoms with Crippen LogP contribution in [0.15, 0.2) is 41.3 Å². The minimum Gasteiger partial charge on any atom is -0.492 e. The first-order valence-corrected chi connectivity index (χ1v) is 8.84. The summed E-state index contributed by atoms with van der Waals surface area (Å²) in [5.74, 6) is 0.816. The van der Waals surface area contributed by atoms with Gasteiger partial charge in [-0.15, -0.1) is 0 Å². The van der Waals surface area contributed by atoms with Crippen LogP contribution in [0.3, 0.4) is 0 Å². The highest BCUT2D eigenvalue weighted by molar-refractivity contribution is 7.89. The molecule has 0 aliphatic rings. The van der Waals surface area contributed by atoms with E-state index in [4.69, 9.17) is 10.5 Å². The second-order valence-electron chi connectivity index (χ2n) is 5.47. The molecule has 0 radical (unpaired) electrons. The molecule has 5 nitrogen and oxygen atoms in total. The van der Waals surface area contributed by atoms with E-state index in [-0.39, 0.29) is 18.0 Å². The molecule has 0 aromatic heterocycles. The molecule has 0 saturated carbocycles. The molecule has 3 N–H and O–H groups in total. The summed E-state index contributed by atoms with van der Waals surface area (Å²) in [5, 5.41) is 0. The van der Waals surface area contributed by atoms with Crippen LogP contribution in [0.1, 0.15) is 16.7 Å². The van der Waals surface area contributed by atoms with E-state index >= 15 is 0 Å². The molecule has 0 aliphatic carbocycles. The van der Waals surface area contributed by atoms with Crippen molar-refractivity contribution in [2.24, 2.45) is 0 Å². The maximum Gasteiger partial charge on any atom is 0.240 e. The van der Waals surface area contributed by atoms with Crippen molar-refractivity contribution in [1.82, 2.24) is 4.72 Å². The van der Waals surface area contributed by atoms with E-state index in [9.17, 15) is 8.42 Å². The molecule has 2 rings (SSSR count). The maximum atomic E-state index is 12.1. The monoisotopic (exact) mass is 334 g/mol. The van der Waals surface area contributed by atoms with Crippen molar-refractivity contribution < 1.29 is 13.2 Å². The Labute approximate surface area is 137 Å². The lowest BCUT2D eigenvalue weighted by Gasteiger charge is -2.14. The molecule has 0 fully saturated rings. The zero-order valence-electron chi connectivity index (χ0n) is 13.6. The summed E-state index contributed by atoms with van der Waals surface area (Å²) in [5.41, 5.74) is 9.35. The van der Waals surface area contributed by atoms with Crippen molar-refractivity contribution in [3.05, 3.63) is 53.1 Å². The second-order valence-corrected chi connectivity index (χ2v) is 7.24. The van der Waals surface area contributed by atoms with Gasteiger partial charge >= 0.3 is 0 Å². The van der Waals surface area contributed by atoms with Crippen LogP contribution < -0.4 is 15.2 Å². The number of nitrogen functional groups attached to an aromatic ring is 1. The second kappa shape index (κ2) is 7.02. The Morgan fingerprint density at radius 2 is 1.61 bits per heavy atom. The smallest absolute Gasteiger partial charge is 0.240 e. The predicted octanol–water partition coefficient (Wildman–Crippen LogP) is 2.55. The van der Waals surface area contributed by atoms with Gasteiger partial charge in [-0.1, -0.05) is 12.1 Å². The molecular formula is C17H22N2O3S. The van der Waals surface area contributed by atoms with Crippen LogP contribution in [0, 0.1) is 20.8 Å². The highest BCUT2D eigenvalue weighted by atomic mass is 32.2. The van der Waals surface area contributed by atoms with Gasteiger partial charge in [0, 0.05) is 12.2 Å². The van der Waals surface area contributed by atoms with Gasteiger partial charge in [0.25, 0.3) is 0 Å². The number of nitrogens with one attached hydrogen (secondary N) is 1. The van der Waals surface area contributed by atoms with Crippen LogP contribution in [0.5, 0.6) is 5.75 Å². The van der Waals surface area contributed by atoms with Crippen molar-refractivity contribution in [1.29, 1.82) is 0 Å². The van der Waals surface area contributed by atoms with E-state index < -0.39 is 10.0 Å². The van der Waals surface area contributed by atoms with Gasteiger partial charge in [-0.3, -0.25) is 0 Å². The van der Waals surface area contributed by atoms with Gasteiger partial charge in [-0.05, 0) is 61.7 Å². The van der Waals surface area contributed by atoms with Gasteiger partial charge in [-0.25, -0.2) is 13.1 Å². The number of rotatable bonds is 6. The number of sulfonamides is 1. The minimum absolute atomic E-state index is 0.189. The first-order valence-electron chi connectivity index (χ1n) is 7.36. The third-order valence-electron chi connectivity index (χ3n) is 3.70. The molecule has 2 aromatic carbocycles. The van der Waals surface area contributed by atoms with Gasteiger partial charge in [0.1, 0.15) is 12.4 Å². The largest absolute Gasteiger partial charge is 0.492 e. The van der Waals surface area contributed by atoms with E-state index in [0.717, 1.165) is 22.4 Å². The Morgan fingerprint density at radius 3 is 2.26 bits per heavy atom. The molecule has 0 spiro atoms. The van der Waals surface area contributed by atoms with E-state index in [0.29, 0.717) is 5.69 Å². The molecule has 0 saturated heterocycles. The highest BCUT2D eigenvalue weighted by Gasteiger charge is 2.13. The van der Waals surface area contributed by atoms with Gasteiger partial charge < -0.3 is 10.5 Å². The zero-order chi connectivity index (χ0) is 17.0. The summed E-state index contributed by atoms with van der Waals surface area (Å²) in [7, 11) is -3.55. The molecule has 0 atom stereocenters. The summed E-state index contributed by atoms with van der Waals surface area (Å²) in [6.45, 7) is 6.45. The third-order valence-corrected chi connectivity index (χ3v) is 5.18. The summed E-state index contributed by atoms with van der Waals surface area (Å²) >= 11 is 0. The van der Waals surface area contributed by atoms with Crippen LogP contribution in [0.4, 0.5) is 5.69 Å². The summed E-state index contributed by atoms with van der Waals surface area (Å²) in [4.78, 5) is 0.189. The number of nitrogens with two attached hydrogens (primary N) is 1. The fraction of sp³-hybridized carbons (Fsp3) is 0.294. The minimum atomic E-state index is -3.55. The maximum absolute atomic E-state index is 12.1. The number of hydrogen-bond acceptors (Lipinski definition) is 4. The Balaban J connectivity index is 1.95. The third kappa shape index (κ3) is 4.24. The van der Waals surface area contributed by atoms with Crippen molar-refractivity contribution in [3.8, 4) is 5.75 Å². The van der Waals surface area contributed by atoms with E-state index in [1.54, 1.807) is 12.1 Å². The normalized spacial score (nSPS) is 11.4. The van der Waals surface area contributed by atoms with E-state index in [1.165, 1.54) is 12.1 Å². The van der Waals surface area contributed by atoms with Gasteiger partial charge in [0.2, 0.25) is 10.0 Å². The fourth-order valence-electron chi connectivity index (χ4n) is 2.21. The van der Waals surface area contributed by atoms with Crippen LogP contribution in [-0.4, -0.2) is 21.6 Å². The summed E-state index contributed by atoms with van der Waals surface area (Å²) in [6, 6.07) is 10.1. The van der Waals surface area contributed by atoms with E-state index in [1.807, 2.05) is 32.9 Å². The molecule has 23 heavy (non-hydrogen) atoms. The lowest BCUT2D eigenvalue weighted by Crippen LogP contribution is -2.28. The average Bonchev–Trinajstić information content (AvgIpc) is 2.51. The lowest BCUT2D eigenvalue weighted by atomic mass is 10.1. The van der Waals surface area contributed by atoms with Crippen LogP contribution >= 0.6 is 0 Å². The van der Waals surface area contributed by atoms with Crippen molar-refractivity contribution in [2.75, 3.05) is 18.9 Å². The van der Waals surface area contributed by atoms with Gasteiger partial charge in [-0.2, -0.15) is 0 Å². The number of aryl methyl sites for hydroxylation is 2. The quantitative estimate of drug-likeness (QED) is 0.628. The highest BCUT2D eigenvalue weighted by Crippen LogP contribution is 2.25. The van der Waals surface area contributed by atoms with Crippen LogP contribution in [0.2, 0.25) is 0 Å². The zero-order valence-corrected chi connectivity index (χ0v) is 14.4. The summed E-state index contributed by atoms with van der Waals surface area (Å²) in [6.07, 6.45) is 0. The molecule has 0 aliphatic heterocycles. The Kier molecular flexibility index (Phi) is 5.28. The van der Waals surface area contributed by atoms with E-state index in [2.05, 4.69) is 4.72 Å². The fourth-order valence-corrected chi connectivity index (χ4v) is 3.22. The average molecular weight is 334 g/mol. The first-order chi connectivity index (χ1) is 10.8. The first kappa shape index (κ1) is 17.3. The number of anilines is 1. The molecule has 2 aromatic rings. The molecule has 6 heteroatoms. The summed E-state index contributed by atoms with van der Waals surface area (Å²) < 4.78 is 32.5. The molecule has 124 valence electrons. The van der Waals surface area contributed by atoms with Crippen LogP contribution in [0.25, 0.3) is 0 Å². The standard InChI is InChI=1S/C17H22N2O3S/c1-12-4-5-13(2)17(14(12)3)22-11-10-19-23(20,21)16-8-6-15(18)7-9-16/h4-9,19H,10-11,18H2,1-3H3. The molecular weight excluding hydrogens is 312 g/mol. The number of ether oxygens (including phenoxy) is 1. The van der Waals surface area contributed by atoms with Crippen molar-refractivity contribution in [3.63, 3.8) is 0 Å². The topological polar surface area (TPSA) is 81.4 Å². The van der Waals surface area contributed by atoms with Gasteiger partial charge in [0.15, 0.2) is 0 Å². The van der Waals surface area contributed by atoms with Crippen molar-refractivity contribution in [2.45, 2.75) is 25.7 Å². The predicted molar refractivity (Wildman–Crippen MR) is 92.2 cm³/mol.